The molecular formula is C21H32N4O. The fraction of sp³-hybridized carbons (Fsp3) is 0.762. The molecule has 5 nitrogen and oxygen atoms in total. The van der Waals surface area contributed by atoms with Gasteiger partial charge >= 0.3 is 0 Å². The summed E-state index contributed by atoms with van der Waals surface area (Å²) in [5, 5.41) is 0. The van der Waals surface area contributed by atoms with Crippen molar-refractivity contribution in [3.8, 4) is 0 Å². The van der Waals surface area contributed by atoms with Gasteiger partial charge in [0.2, 0.25) is 5.91 Å². The van der Waals surface area contributed by atoms with Crippen molar-refractivity contribution in [3.05, 3.63) is 23.8 Å². The molecule has 0 bridgehead atoms. The second-order valence-electron chi connectivity index (χ2n) is 9.00. The van der Waals surface area contributed by atoms with Crippen LogP contribution in [0.4, 0.5) is 0 Å². The van der Waals surface area contributed by atoms with Crippen LogP contribution in [0.3, 0.4) is 0 Å². The summed E-state index contributed by atoms with van der Waals surface area (Å²) in [5.74, 6) is 2.28. The van der Waals surface area contributed by atoms with Crippen molar-refractivity contribution in [1.82, 2.24) is 19.8 Å². The number of nitrogens with zero attached hydrogens (tertiary/aromatic N) is 4. The Kier molecular flexibility index (Phi) is 4.76. The lowest BCUT2D eigenvalue weighted by molar-refractivity contribution is -0.157. The minimum Gasteiger partial charge on any atom is -0.341 e. The molecule has 0 radical (unpaired) electrons. The van der Waals surface area contributed by atoms with Crippen molar-refractivity contribution in [2.45, 2.75) is 70.8 Å². The van der Waals surface area contributed by atoms with Crippen LogP contribution in [0, 0.1) is 5.41 Å². The SMILES string of the molecule is CCC(=O)N1CC2(CC(N3CCC(c4cnc(C(C)C)nc4)CC3)C2)C1. The third-order valence-electron chi connectivity index (χ3n) is 6.77. The highest BCUT2D eigenvalue weighted by molar-refractivity contribution is 5.77. The average molecular weight is 357 g/mol. The zero-order chi connectivity index (χ0) is 18.3. The minimum absolute atomic E-state index is 0.325. The van der Waals surface area contributed by atoms with Crippen LogP contribution in [0.5, 0.6) is 0 Å². The van der Waals surface area contributed by atoms with E-state index in [9.17, 15) is 4.79 Å². The van der Waals surface area contributed by atoms with Gasteiger partial charge in [0, 0.05) is 49.3 Å². The second-order valence-corrected chi connectivity index (χ2v) is 9.00. The quantitative estimate of drug-likeness (QED) is 0.831. The van der Waals surface area contributed by atoms with E-state index in [0.717, 1.165) is 25.0 Å². The summed E-state index contributed by atoms with van der Waals surface area (Å²) >= 11 is 0. The van der Waals surface area contributed by atoms with E-state index in [0.29, 0.717) is 29.6 Å². The standard InChI is InChI=1S/C21H32N4O/c1-4-19(26)25-13-21(14-25)9-18(10-21)24-7-5-16(6-8-24)17-11-22-20(15(2)3)23-12-17/h11-12,15-16,18H,4-10,13-14H2,1-3H3. The molecule has 0 atom stereocenters. The average Bonchev–Trinajstić information content (AvgIpc) is 2.59. The summed E-state index contributed by atoms with van der Waals surface area (Å²) in [6.07, 6.45) is 9.76. The van der Waals surface area contributed by atoms with Crippen LogP contribution >= 0.6 is 0 Å². The molecule has 0 N–H and O–H groups in total. The molecule has 1 aliphatic carbocycles. The zero-order valence-electron chi connectivity index (χ0n) is 16.4. The van der Waals surface area contributed by atoms with E-state index in [1.54, 1.807) is 0 Å². The Morgan fingerprint density at radius 2 is 1.81 bits per heavy atom. The van der Waals surface area contributed by atoms with E-state index < -0.39 is 0 Å². The van der Waals surface area contributed by atoms with Gasteiger partial charge in [0.05, 0.1) is 0 Å². The number of hydrogen-bond donors (Lipinski definition) is 0. The van der Waals surface area contributed by atoms with Gasteiger partial charge in [-0.2, -0.15) is 0 Å². The molecule has 3 aliphatic rings. The molecule has 2 saturated heterocycles. The smallest absolute Gasteiger partial charge is 0.222 e. The molecule has 3 fully saturated rings. The van der Waals surface area contributed by atoms with Crippen LogP contribution < -0.4 is 0 Å². The third-order valence-corrected chi connectivity index (χ3v) is 6.77. The van der Waals surface area contributed by atoms with E-state index in [2.05, 4.69) is 41.1 Å². The topological polar surface area (TPSA) is 49.3 Å². The molecule has 1 spiro atoms. The Hall–Kier alpha value is -1.49. The number of piperidine rings is 1. The summed E-state index contributed by atoms with van der Waals surface area (Å²) in [4.78, 5) is 25.6. The summed E-state index contributed by atoms with van der Waals surface area (Å²) in [6.45, 7) is 10.6. The Balaban J connectivity index is 1.23. The summed E-state index contributed by atoms with van der Waals surface area (Å²) in [5.41, 5.74) is 1.78. The molecule has 26 heavy (non-hydrogen) atoms. The van der Waals surface area contributed by atoms with Crippen molar-refractivity contribution >= 4 is 5.91 Å². The number of likely N-dealkylation sites (tertiary alicyclic amines) is 2. The Labute approximate surface area is 157 Å². The molecule has 5 heteroatoms. The van der Waals surface area contributed by atoms with Crippen molar-refractivity contribution in [1.29, 1.82) is 0 Å². The van der Waals surface area contributed by atoms with Gasteiger partial charge in [-0.25, -0.2) is 9.97 Å². The number of carbonyl (C=O) groups is 1. The first-order chi connectivity index (χ1) is 12.5. The van der Waals surface area contributed by atoms with Crippen LogP contribution in [0.25, 0.3) is 0 Å². The fourth-order valence-corrected chi connectivity index (χ4v) is 5.07. The lowest BCUT2D eigenvalue weighted by Crippen LogP contribution is -2.67. The number of rotatable bonds is 4. The summed E-state index contributed by atoms with van der Waals surface area (Å²) in [6, 6.07) is 0.745. The number of aromatic nitrogens is 2. The predicted molar refractivity (Wildman–Crippen MR) is 102 cm³/mol. The summed E-state index contributed by atoms with van der Waals surface area (Å²) < 4.78 is 0. The largest absolute Gasteiger partial charge is 0.341 e. The van der Waals surface area contributed by atoms with Crippen molar-refractivity contribution in [3.63, 3.8) is 0 Å². The molecule has 2 aliphatic heterocycles. The van der Waals surface area contributed by atoms with Gasteiger partial charge in [-0.05, 0) is 50.3 Å². The van der Waals surface area contributed by atoms with E-state index in [-0.39, 0.29) is 0 Å². The number of hydrogen-bond acceptors (Lipinski definition) is 4. The maximum absolute atomic E-state index is 11.7. The van der Waals surface area contributed by atoms with Crippen LogP contribution in [0.15, 0.2) is 12.4 Å². The van der Waals surface area contributed by atoms with Crippen molar-refractivity contribution < 1.29 is 4.79 Å². The molecule has 4 rings (SSSR count). The second kappa shape index (κ2) is 6.91. The molecular weight excluding hydrogens is 324 g/mol. The maximum atomic E-state index is 11.7. The molecule has 1 amide bonds. The van der Waals surface area contributed by atoms with Crippen LogP contribution in [0.1, 0.15) is 76.1 Å². The molecule has 1 aromatic heterocycles. The van der Waals surface area contributed by atoms with Gasteiger partial charge in [0.15, 0.2) is 0 Å². The predicted octanol–water partition coefficient (Wildman–Crippen LogP) is 3.18. The van der Waals surface area contributed by atoms with Crippen LogP contribution in [-0.4, -0.2) is 57.9 Å². The Morgan fingerprint density at radius 1 is 1.19 bits per heavy atom. The highest BCUT2D eigenvalue weighted by Crippen LogP contribution is 2.51. The summed E-state index contributed by atoms with van der Waals surface area (Å²) in [7, 11) is 0. The lowest BCUT2D eigenvalue weighted by Gasteiger charge is -2.61. The normalized spacial score (nSPS) is 23.9. The molecule has 3 heterocycles. The Morgan fingerprint density at radius 3 is 2.35 bits per heavy atom. The maximum Gasteiger partial charge on any atom is 0.222 e. The monoisotopic (exact) mass is 356 g/mol. The zero-order valence-corrected chi connectivity index (χ0v) is 16.4. The minimum atomic E-state index is 0.325. The van der Waals surface area contributed by atoms with Gasteiger partial charge < -0.3 is 9.80 Å². The van der Waals surface area contributed by atoms with Crippen molar-refractivity contribution in [2.24, 2.45) is 5.41 Å². The van der Waals surface area contributed by atoms with Crippen LogP contribution in [0.2, 0.25) is 0 Å². The van der Waals surface area contributed by atoms with E-state index in [1.165, 1.54) is 44.3 Å². The van der Waals surface area contributed by atoms with Crippen molar-refractivity contribution in [2.75, 3.05) is 26.2 Å². The lowest BCUT2D eigenvalue weighted by atomic mass is 9.60. The molecule has 0 aromatic carbocycles. The van der Waals surface area contributed by atoms with E-state index >= 15 is 0 Å². The fourth-order valence-electron chi connectivity index (χ4n) is 5.07. The van der Waals surface area contributed by atoms with Gasteiger partial charge in [0.1, 0.15) is 5.82 Å². The van der Waals surface area contributed by atoms with E-state index in [4.69, 9.17) is 0 Å². The van der Waals surface area contributed by atoms with E-state index in [1.807, 2.05) is 11.8 Å². The third kappa shape index (κ3) is 3.26. The van der Waals surface area contributed by atoms with Gasteiger partial charge in [-0.3, -0.25) is 4.79 Å². The van der Waals surface area contributed by atoms with Crippen LogP contribution in [-0.2, 0) is 4.79 Å². The van der Waals surface area contributed by atoms with Gasteiger partial charge in [0.25, 0.3) is 0 Å². The first-order valence-corrected chi connectivity index (χ1v) is 10.3. The molecule has 0 unspecified atom stereocenters. The van der Waals surface area contributed by atoms with Gasteiger partial charge in [-0.15, -0.1) is 0 Å². The molecule has 1 saturated carbocycles. The highest BCUT2D eigenvalue weighted by Gasteiger charge is 2.54. The highest BCUT2D eigenvalue weighted by atomic mass is 16.2. The Bertz CT molecular complexity index is 634. The first-order valence-electron chi connectivity index (χ1n) is 10.3. The molecule has 1 aromatic rings. The molecule has 142 valence electrons. The number of carbonyl (C=O) groups excluding carboxylic acids is 1. The number of amides is 1. The first kappa shape index (κ1) is 17.9. The van der Waals surface area contributed by atoms with Gasteiger partial charge in [-0.1, -0.05) is 20.8 Å².